The first-order chi connectivity index (χ1) is 14.2. The van der Waals surface area contributed by atoms with Crippen molar-refractivity contribution in [2.24, 2.45) is 0 Å². The number of hydrogen-bond donors (Lipinski definition) is 2. The molecule has 1 aromatic heterocycles. The number of aromatic nitrogens is 1. The summed E-state index contributed by atoms with van der Waals surface area (Å²) >= 11 is 0. The molecule has 0 saturated carbocycles. The van der Waals surface area contributed by atoms with Crippen molar-refractivity contribution in [1.29, 1.82) is 0 Å². The molecule has 1 saturated heterocycles. The molecule has 1 aliphatic heterocycles. The van der Waals surface area contributed by atoms with Crippen molar-refractivity contribution in [3.05, 3.63) is 71.7 Å². The van der Waals surface area contributed by atoms with Crippen LogP contribution in [0, 0.1) is 5.82 Å². The zero-order valence-corrected chi connectivity index (χ0v) is 16.7. The van der Waals surface area contributed by atoms with Gasteiger partial charge >= 0.3 is 0 Å². The number of halogens is 1. The Labute approximate surface area is 171 Å². The molecule has 0 aliphatic carbocycles. The Bertz CT molecular complexity index is 944. The summed E-state index contributed by atoms with van der Waals surface area (Å²) in [5, 5.41) is 4.19. The lowest BCUT2D eigenvalue weighted by molar-refractivity contribution is -0.121. The Kier molecular flexibility index (Phi) is 6.25. The van der Waals surface area contributed by atoms with Crippen molar-refractivity contribution in [2.45, 2.75) is 31.6 Å². The van der Waals surface area contributed by atoms with Crippen LogP contribution < -0.4 is 5.32 Å². The molecule has 1 amide bonds. The maximum Gasteiger partial charge on any atom is 0.220 e. The van der Waals surface area contributed by atoms with E-state index >= 15 is 0 Å². The molecule has 2 heterocycles. The quantitative estimate of drug-likeness (QED) is 0.624. The van der Waals surface area contributed by atoms with Crippen LogP contribution in [0.1, 0.15) is 42.7 Å². The molecule has 0 spiro atoms. The minimum atomic E-state index is -0.266. The Morgan fingerprint density at radius 1 is 1.07 bits per heavy atom. The molecule has 4 nitrogen and oxygen atoms in total. The fraction of sp³-hybridized carbons (Fsp3) is 0.375. The predicted molar refractivity (Wildman–Crippen MR) is 114 cm³/mol. The maximum absolute atomic E-state index is 13.5. The fourth-order valence-electron chi connectivity index (χ4n) is 4.28. The SMILES string of the molecule is O=C(CC(c1ccc(F)cc1)c1c[nH]c2ccccc12)NCCN1CCCCC1. The Hall–Kier alpha value is -2.66. The van der Waals surface area contributed by atoms with Gasteiger partial charge in [0.1, 0.15) is 5.82 Å². The average molecular weight is 394 g/mol. The highest BCUT2D eigenvalue weighted by Crippen LogP contribution is 2.33. The third kappa shape index (κ3) is 4.85. The topological polar surface area (TPSA) is 48.1 Å². The molecule has 4 rings (SSSR count). The number of H-pyrrole nitrogens is 1. The van der Waals surface area contributed by atoms with Gasteiger partial charge in [0.25, 0.3) is 0 Å². The van der Waals surface area contributed by atoms with Gasteiger partial charge in [-0.25, -0.2) is 4.39 Å². The standard InChI is InChI=1S/C24H28FN3O/c25-19-10-8-18(9-11-19)21(22-17-27-23-7-3-2-6-20(22)23)16-24(29)26-12-15-28-13-4-1-5-14-28/h2-3,6-11,17,21,27H,1,4-5,12-16H2,(H,26,29). The van der Waals surface area contributed by atoms with Crippen molar-refractivity contribution >= 4 is 16.8 Å². The number of para-hydroxylation sites is 1. The molecule has 2 N–H and O–H groups in total. The predicted octanol–water partition coefficient (Wildman–Crippen LogP) is 4.43. The Morgan fingerprint density at radius 2 is 1.83 bits per heavy atom. The van der Waals surface area contributed by atoms with Gasteiger partial charge < -0.3 is 15.2 Å². The molecular weight excluding hydrogens is 365 g/mol. The average Bonchev–Trinajstić information content (AvgIpc) is 3.17. The normalized spacial score (nSPS) is 16.0. The van der Waals surface area contributed by atoms with E-state index in [0.717, 1.165) is 41.7 Å². The third-order valence-electron chi connectivity index (χ3n) is 5.86. The number of hydrogen-bond acceptors (Lipinski definition) is 2. The van der Waals surface area contributed by atoms with Crippen LogP contribution in [0.4, 0.5) is 4.39 Å². The molecule has 152 valence electrons. The van der Waals surface area contributed by atoms with Crippen molar-refractivity contribution in [1.82, 2.24) is 15.2 Å². The summed E-state index contributed by atoms with van der Waals surface area (Å²) in [4.78, 5) is 18.5. The summed E-state index contributed by atoms with van der Waals surface area (Å²) in [7, 11) is 0. The molecule has 2 aromatic carbocycles. The summed E-state index contributed by atoms with van der Waals surface area (Å²) in [6, 6.07) is 14.6. The van der Waals surface area contributed by atoms with Crippen LogP contribution in [0.15, 0.2) is 54.7 Å². The number of amides is 1. The van der Waals surface area contributed by atoms with E-state index in [1.54, 1.807) is 12.1 Å². The lowest BCUT2D eigenvalue weighted by Crippen LogP contribution is -2.38. The molecule has 1 fully saturated rings. The molecule has 5 heteroatoms. The number of aromatic amines is 1. The number of nitrogens with zero attached hydrogens (tertiary/aromatic N) is 1. The first-order valence-electron chi connectivity index (χ1n) is 10.5. The van der Waals surface area contributed by atoms with Gasteiger partial charge in [-0.05, 0) is 55.3 Å². The number of piperidine rings is 1. The summed E-state index contributed by atoms with van der Waals surface area (Å²) in [6.45, 7) is 3.83. The van der Waals surface area contributed by atoms with E-state index in [-0.39, 0.29) is 17.6 Å². The van der Waals surface area contributed by atoms with Crippen LogP contribution in [-0.4, -0.2) is 42.0 Å². The van der Waals surface area contributed by atoms with Gasteiger partial charge in [0.2, 0.25) is 5.91 Å². The van der Waals surface area contributed by atoms with Crippen LogP contribution in [0.5, 0.6) is 0 Å². The molecule has 29 heavy (non-hydrogen) atoms. The molecular formula is C24H28FN3O. The van der Waals surface area contributed by atoms with E-state index in [1.165, 1.54) is 31.4 Å². The van der Waals surface area contributed by atoms with Gasteiger partial charge in [0.15, 0.2) is 0 Å². The number of carbonyl (C=O) groups is 1. The molecule has 1 unspecified atom stereocenters. The summed E-state index contributed by atoms with van der Waals surface area (Å²) in [5.74, 6) is -0.360. The van der Waals surface area contributed by atoms with Gasteiger partial charge in [-0.15, -0.1) is 0 Å². The minimum absolute atomic E-state index is 0.0293. The number of benzene rings is 2. The van der Waals surface area contributed by atoms with E-state index in [2.05, 4.69) is 21.3 Å². The highest BCUT2D eigenvalue weighted by Gasteiger charge is 2.21. The fourth-order valence-corrected chi connectivity index (χ4v) is 4.28. The maximum atomic E-state index is 13.5. The van der Waals surface area contributed by atoms with E-state index < -0.39 is 0 Å². The van der Waals surface area contributed by atoms with Crippen LogP contribution >= 0.6 is 0 Å². The number of nitrogens with one attached hydrogen (secondary N) is 2. The van der Waals surface area contributed by atoms with E-state index in [9.17, 15) is 9.18 Å². The summed E-state index contributed by atoms with van der Waals surface area (Å²) < 4.78 is 13.5. The monoisotopic (exact) mass is 393 g/mol. The lowest BCUT2D eigenvalue weighted by atomic mass is 9.88. The first kappa shape index (κ1) is 19.6. The summed E-state index contributed by atoms with van der Waals surface area (Å²) in [5.41, 5.74) is 3.06. The highest BCUT2D eigenvalue weighted by molar-refractivity contribution is 5.86. The van der Waals surface area contributed by atoms with Crippen LogP contribution in [-0.2, 0) is 4.79 Å². The zero-order chi connectivity index (χ0) is 20.1. The minimum Gasteiger partial charge on any atom is -0.361 e. The molecule has 1 aliphatic rings. The smallest absolute Gasteiger partial charge is 0.220 e. The zero-order valence-electron chi connectivity index (χ0n) is 16.7. The molecule has 0 radical (unpaired) electrons. The van der Waals surface area contributed by atoms with E-state index in [1.807, 2.05) is 24.4 Å². The first-order valence-corrected chi connectivity index (χ1v) is 10.5. The summed E-state index contributed by atoms with van der Waals surface area (Å²) in [6.07, 6.45) is 6.13. The van der Waals surface area contributed by atoms with Crippen molar-refractivity contribution in [3.63, 3.8) is 0 Å². The number of fused-ring (bicyclic) bond motifs is 1. The number of carbonyl (C=O) groups excluding carboxylic acids is 1. The molecule has 0 bridgehead atoms. The highest BCUT2D eigenvalue weighted by atomic mass is 19.1. The second-order valence-electron chi connectivity index (χ2n) is 7.85. The largest absolute Gasteiger partial charge is 0.361 e. The van der Waals surface area contributed by atoms with Crippen molar-refractivity contribution in [3.8, 4) is 0 Å². The second-order valence-corrected chi connectivity index (χ2v) is 7.85. The second kappa shape index (κ2) is 9.23. The van der Waals surface area contributed by atoms with Gasteiger partial charge in [-0.3, -0.25) is 4.79 Å². The third-order valence-corrected chi connectivity index (χ3v) is 5.86. The number of rotatable bonds is 7. The van der Waals surface area contributed by atoms with Crippen molar-refractivity contribution < 1.29 is 9.18 Å². The Morgan fingerprint density at radius 3 is 2.62 bits per heavy atom. The Balaban J connectivity index is 1.48. The van der Waals surface area contributed by atoms with Crippen molar-refractivity contribution in [2.75, 3.05) is 26.2 Å². The van der Waals surface area contributed by atoms with Gasteiger partial charge in [0.05, 0.1) is 0 Å². The van der Waals surface area contributed by atoms with Crippen LogP contribution in [0.25, 0.3) is 10.9 Å². The van der Waals surface area contributed by atoms with Gasteiger partial charge in [-0.2, -0.15) is 0 Å². The number of likely N-dealkylation sites (tertiary alicyclic amines) is 1. The van der Waals surface area contributed by atoms with Crippen LogP contribution in [0.2, 0.25) is 0 Å². The molecule has 1 atom stereocenters. The van der Waals surface area contributed by atoms with Crippen LogP contribution in [0.3, 0.4) is 0 Å². The van der Waals surface area contributed by atoms with E-state index in [0.29, 0.717) is 13.0 Å². The lowest BCUT2D eigenvalue weighted by Gasteiger charge is -2.26. The molecule has 3 aromatic rings. The van der Waals surface area contributed by atoms with E-state index in [4.69, 9.17) is 0 Å². The van der Waals surface area contributed by atoms with Gasteiger partial charge in [-0.1, -0.05) is 36.8 Å². The van der Waals surface area contributed by atoms with Gasteiger partial charge in [0, 0.05) is 42.5 Å².